The third-order valence-corrected chi connectivity index (χ3v) is 2.33. The molecular formula is C11H19N3O. The molecule has 0 aliphatic carbocycles. The van der Waals surface area contributed by atoms with Crippen LogP contribution in [0.1, 0.15) is 26.5 Å². The van der Waals surface area contributed by atoms with Crippen LogP contribution in [-0.2, 0) is 6.42 Å². The minimum Gasteiger partial charge on any atom is -0.395 e. The highest BCUT2D eigenvalue weighted by atomic mass is 16.3. The molecule has 1 aromatic rings. The number of hydrogen-bond acceptors (Lipinski definition) is 4. The number of rotatable bonds is 5. The number of nitrogens with zero attached hydrogens (tertiary/aromatic N) is 3. The van der Waals surface area contributed by atoms with Crippen LogP contribution < -0.4 is 4.90 Å². The number of aliphatic hydroxyl groups excluding tert-OH is 1. The maximum absolute atomic E-state index is 8.99. The molecule has 4 nitrogen and oxygen atoms in total. The number of aryl methyl sites for hydroxylation is 1. The summed E-state index contributed by atoms with van der Waals surface area (Å²) in [4.78, 5) is 10.5. The van der Waals surface area contributed by atoms with E-state index in [1.807, 2.05) is 6.07 Å². The van der Waals surface area contributed by atoms with E-state index >= 15 is 0 Å². The lowest BCUT2D eigenvalue weighted by Crippen LogP contribution is -2.34. The van der Waals surface area contributed by atoms with Gasteiger partial charge < -0.3 is 10.0 Å². The molecule has 1 N–H and O–H groups in total. The Bertz CT molecular complexity index is 302. The maximum atomic E-state index is 8.99. The van der Waals surface area contributed by atoms with E-state index in [0.717, 1.165) is 17.9 Å². The van der Waals surface area contributed by atoms with Crippen molar-refractivity contribution in [2.75, 3.05) is 18.1 Å². The van der Waals surface area contributed by atoms with Crippen molar-refractivity contribution in [1.29, 1.82) is 0 Å². The Morgan fingerprint density at radius 3 is 2.67 bits per heavy atom. The summed E-state index contributed by atoms with van der Waals surface area (Å²) < 4.78 is 0. The first-order valence-electron chi connectivity index (χ1n) is 5.37. The molecular weight excluding hydrogens is 190 g/mol. The predicted molar refractivity (Wildman–Crippen MR) is 61.0 cm³/mol. The molecule has 0 aliphatic heterocycles. The number of hydrogen-bond donors (Lipinski definition) is 1. The first-order valence-corrected chi connectivity index (χ1v) is 5.37. The average molecular weight is 209 g/mol. The molecule has 15 heavy (non-hydrogen) atoms. The van der Waals surface area contributed by atoms with E-state index in [-0.39, 0.29) is 6.61 Å². The van der Waals surface area contributed by atoms with Gasteiger partial charge >= 0.3 is 0 Å². The molecule has 0 aliphatic rings. The minimum atomic E-state index is 0.143. The topological polar surface area (TPSA) is 49.2 Å². The van der Waals surface area contributed by atoms with Crippen molar-refractivity contribution >= 4 is 5.82 Å². The lowest BCUT2D eigenvalue weighted by molar-refractivity contribution is 0.298. The van der Waals surface area contributed by atoms with Crippen LogP contribution in [0.25, 0.3) is 0 Å². The molecule has 1 aromatic heterocycles. The monoisotopic (exact) mass is 209 g/mol. The molecule has 0 amide bonds. The van der Waals surface area contributed by atoms with Crippen LogP contribution in [0.2, 0.25) is 0 Å². The number of aromatic nitrogens is 2. The second-order valence-electron chi connectivity index (χ2n) is 3.73. The Morgan fingerprint density at radius 2 is 2.13 bits per heavy atom. The van der Waals surface area contributed by atoms with Gasteiger partial charge in [-0.25, -0.2) is 9.97 Å². The summed E-state index contributed by atoms with van der Waals surface area (Å²) in [5, 5.41) is 8.99. The van der Waals surface area contributed by atoms with E-state index in [4.69, 9.17) is 5.11 Å². The van der Waals surface area contributed by atoms with Crippen LogP contribution in [-0.4, -0.2) is 34.3 Å². The van der Waals surface area contributed by atoms with Gasteiger partial charge in [-0.2, -0.15) is 0 Å². The zero-order valence-electron chi connectivity index (χ0n) is 9.64. The molecule has 1 rings (SSSR count). The zero-order chi connectivity index (χ0) is 11.3. The van der Waals surface area contributed by atoms with E-state index in [1.165, 1.54) is 0 Å². The summed E-state index contributed by atoms with van der Waals surface area (Å²) >= 11 is 0. The van der Waals surface area contributed by atoms with Gasteiger partial charge in [-0.05, 0) is 20.3 Å². The molecule has 0 bridgehead atoms. The van der Waals surface area contributed by atoms with Crippen molar-refractivity contribution < 1.29 is 5.11 Å². The highest BCUT2D eigenvalue weighted by Crippen LogP contribution is 2.13. The molecule has 0 spiro atoms. The van der Waals surface area contributed by atoms with Crippen LogP contribution in [0, 0.1) is 0 Å². The van der Waals surface area contributed by atoms with Crippen LogP contribution in [0.15, 0.2) is 12.4 Å². The van der Waals surface area contributed by atoms with Gasteiger partial charge in [0.05, 0.1) is 6.61 Å². The fraction of sp³-hybridized carbons (Fsp3) is 0.636. The smallest absolute Gasteiger partial charge is 0.132 e. The molecule has 0 fully saturated rings. The Hall–Kier alpha value is -1.16. The van der Waals surface area contributed by atoms with Crippen molar-refractivity contribution in [2.24, 2.45) is 0 Å². The van der Waals surface area contributed by atoms with Crippen molar-refractivity contribution in [3.8, 4) is 0 Å². The van der Waals surface area contributed by atoms with Crippen molar-refractivity contribution in [1.82, 2.24) is 9.97 Å². The van der Waals surface area contributed by atoms with Gasteiger partial charge in [-0.3, -0.25) is 0 Å². The van der Waals surface area contributed by atoms with Gasteiger partial charge in [0, 0.05) is 24.3 Å². The standard InChI is InChI=1S/C11H19N3O/c1-4-10-7-11(13-8-12-10)14(5-6-15)9(2)3/h7-9,15H,4-6H2,1-3H3. The summed E-state index contributed by atoms with van der Waals surface area (Å²) in [6.07, 6.45) is 2.49. The second kappa shape index (κ2) is 5.66. The molecule has 1 heterocycles. The van der Waals surface area contributed by atoms with E-state index in [9.17, 15) is 0 Å². The molecule has 0 atom stereocenters. The lowest BCUT2D eigenvalue weighted by atomic mass is 10.2. The highest BCUT2D eigenvalue weighted by molar-refractivity contribution is 5.39. The van der Waals surface area contributed by atoms with Crippen molar-refractivity contribution in [2.45, 2.75) is 33.2 Å². The Balaban J connectivity index is 2.89. The number of anilines is 1. The first-order chi connectivity index (χ1) is 7.19. The van der Waals surface area contributed by atoms with Gasteiger partial charge in [0.1, 0.15) is 12.1 Å². The van der Waals surface area contributed by atoms with Crippen LogP contribution >= 0.6 is 0 Å². The van der Waals surface area contributed by atoms with Crippen LogP contribution in [0.5, 0.6) is 0 Å². The quantitative estimate of drug-likeness (QED) is 0.793. The summed E-state index contributed by atoms with van der Waals surface area (Å²) in [5.74, 6) is 0.894. The summed E-state index contributed by atoms with van der Waals surface area (Å²) in [5.41, 5.74) is 1.03. The highest BCUT2D eigenvalue weighted by Gasteiger charge is 2.11. The van der Waals surface area contributed by atoms with Gasteiger partial charge in [0.2, 0.25) is 0 Å². The molecule has 0 radical (unpaired) electrons. The molecule has 0 saturated heterocycles. The third kappa shape index (κ3) is 3.16. The second-order valence-corrected chi connectivity index (χ2v) is 3.73. The zero-order valence-corrected chi connectivity index (χ0v) is 9.64. The van der Waals surface area contributed by atoms with Crippen LogP contribution in [0.4, 0.5) is 5.82 Å². The fourth-order valence-corrected chi connectivity index (χ4v) is 1.48. The maximum Gasteiger partial charge on any atom is 0.132 e. The summed E-state index contributed by atoms with van der Waals surface area (Å²) in [7, 11) is 0. The van der Waals surface area contributed by atoms with Gasteiger partial charge in [0.15, 0.2) is 0 Å². The van der Waals surface area contributed by atoms with Crippen molar-refractivity contribution in [3.63, 3.8) is 0 Å². The van der Waals surface area contributed by atoms with Gasteiger partial charge in [0.25, 0.3) is 0 Å². The number of aliphatic hydroxyl groups is 1. The van der Waals surface area contributed by atoms with E-state index in [0.29, 0.717) is 12.6 Å². The summed E-state index contributed by atoms with van der Waals surface area (Å²) in [6, 6.07) is 2.31. The summed E-state index contributed by atoms with van der Waals surface area (Å²) in [6.45, 7) is 6.99. The van der Waals surface area contributed by atoms with Gasteiger partial charge in [-0.15, -0.1) is 0 Å². The molecule has 84 valence electrons. The lowest BCUT2D eigenvalue weighted by Gasteiger charge is -2.27. The van der Waals surface area contributed by atoms with E-state index < -0.39 is 0 Å². The Labute approximate surface area is 91.0 Å². The fourth-order valence-electron chi connectivity index (χ4n) is 1.48. The minimum absolute atomic E-state index is 0.143. The van der Waals surface area contributed by atoms with E-state index in [2.05, 4.69) is 35.6 Å². The molecule has 0 unspecified atom stereocenters. The molecule has 0 aromatic carbocycles. The largest absolute Gasteiger partial charge is 0.395 e. The van der Waals surface area contributed by atoms with Gasteiger partial charge in [-0.1, -0.05) is 6.92 Å². The Kier molecular flexibility index (Phi) is 4.49. The Morgan fingerprint density at radius 1 is 1.40 bits per heavy atom. The molecule has 0 saturated carbocycles. The first kappa shape index (κ1) is 11.9. The third-order valence-electron chi connectivity index (χ3n) is 2.33. The SMILES string of the molecule is CCc1cc(N(CCO)C(C)C)ncn1. The molecule has 4 heteroatoms. The van der Waals surface area contributed by atoms with Crippen LogP contribution in [0.3, 0.4) is 0 Å². The van der Waals surface area contributed by atoms with Crippen molar-refractivity contribution in [3.05, 3.63) is 18.1 Å². The predicted octanol–water partition coefficient (Wildman–Crippen LogP) is 1.25. The average Bonchev–Trinajstić information content (AvgIpc) is 2.25. The normalized spacial score (nSPS) is 10.7. The van der Waals surface area contributed by atoms with E-state index in [1.54, 1.807) is 6.33 Å².